The quantitative estimate of drug-likeness (QED) is 0.801. The van der Waals surface area contributed by atoms with Crippen molar-refractivity contribution in [1.29, 1.82) is 0 Å². The molecule has 3 nitrogen and oxygen atoms in total. The van der Waals surface area contributed by atoms with Crippen LogP contribution in [0.15, 0.2) is 24.3 Å². The lowest BCUT2D eigenvalue weighted by atomic mass is 10.1. The summed E-state index contributed by atoms with van der Waals surface area (Å²) < 4.78 is 0. The Labute approximate surface area is 109 Å². The molecular weight excluding hydrogens is 224 g/mol. The van der Waals surface area contributed by atoms with Crippen LogP contribution in [0.5, 0.6) is 0 Å². The molecule has 0 saturated carbocycles. The van der Waals surface area contributed by atoms with Gasteiger partial charge in [0.15, 0.2) is 0 Å². The van der Waals surface area contributed by atoms with Gasteiger partial charge in [0.05, 0.1) is 5.56 Å². The molecule has 0 atom stereocenters. The van der Waals surface area contributed by atoms with Crippen LogP contribution in [0.4, 0.5) is 5.69 Å². The number of nitrogens with zero attached hydrogens (tertiary/aromatic N) is 2. The van der Waals surface area contributed by atoms with Gasteiger partial charge in [-0.3, -0.25) is 4.79 Å². The summed E-state index contributed by atoms with van der Waals surface area (Å²) in [5.41, 5.74) is 1.83. The molecule has 1 aromatic rings. The predicted molar refractivity (Wildman–Crippen MR) is 75.1 cm³/mol. The van der Waals surface area contributed by atoms with Crippen molar-refractivity contribution in [3.63, 3.8) is 0 Å². The van der Waals surface area contributed by atoms with Crippen LogP contribution in [-0.2, 0) is 0 Å². The molecule has 1 heterocycles. The van der Waals surface area contributed by atoms with Crippen LogP contribution in [0, 0.1) is 0 Å². The first-order valence-electron chi connectivity index (χ1n) is 6.76. The second-order valence-corrected chi connectivity index (χ2v) is 5.12. The standard InChI is InChI=1S/C15H22N2O/c1-16(2)14-10-6-5-9-13(14)15(18)17-11-7-3-4-8-12-17/h5-6,9-10H,3-4,7-8,11-12H2,1-2H3. The molecule has 1 saturated heterocycles. The van der Waals surface area contributed by atoms with Gasteiger partial charge in [0.1, 0.15) is 0 Å². The van der Waals surface area contributed by atoms with Crippen LogP contribution in [0.2, 0.25) is 0 Å². The van der Waals surface area contributed by atoms with E-state index in [0.29, 0.717) is 0 Å². The maximum Gasteiger partial charge on any atom is 0.255 e. The Morgan fingerprint density at radius 2 is 1.67 bits per heavy atom. The van der Waals surface area contributed by atoms with Crippen LogP contribution < -0.4 is 4.90 Å². The molecule has 0 radical (unpaired) electrons. The summed E-state index contributed by atoms with van der Waals surface area (Å²) in [7, 11) is 3.96. The smallest absolute Gasteiger partial charge is 0.255 e. The van der Waals surface area contributed by atoms with Gasteiger partial charge in [0, 0.05) is 32.9 Å². The van der Waals surface area contributed by atoms with Gasteiger partial charge in [0.25, 0.3) is 5.91 Å². The van der Waals surface area contributed by atoms with Crippen LogP contribution in [-0.4, -0.2) is 38.0 Å². The summed E-state index contributed by atoms with van der Waals surface area (Å²) in [4.78, 5) is 16.6. The SMILES string of the molecule is CN(C)c1ccccc1C(=O)N1CCCCCC1. The number of amides is 1. The van der Waals surface area contributed by atoms with E-state index in [1.807, 2.05) is 48.2 Å². The molecule has 1 fully saturated rings. The van der Waals surface area contributed by atoms with Crippen molar-refractivity contribution in [3.8, 4) is 0 Å². The molecule has 0 aromatic heterocycles. The molecular formula is C15H22N2O. The average Bonchev–Trinajstić information content (AvgIpc) is 2.66. The van der Waals surface area contributed by atoms with Crippen molar-refractivity contribution in [2.24, 2.45) is 0 Å². The number of hydrogen-bond donors (Lipinski definition) is 0. The fourth-order valence-electron chi connectivity index (χ4n) is 2.49. The maximum absolute atomic E-state index is 12.6. The van der Waals surface area contributed by atoms with E-state index >= 15 is 0 Å². The van der Waals surface area contributed by atoms with Crippen molar-refractivity contribution < 1.29 is 4.79 Å². The topological polar surface area (TPSA) is 23.6 Å². The molecule has 0 N–H and O–H groups in total. The number of para-hydroxylation sites is 1. The zero-order valence-corrected chi connectivity index (χ0v) is 11.4. The maximum atomic E-state index is 12.6. The molecule has 0 aliphatic carbocycles. The van der Waals surface area contributed by atoms with E-state index in [-0.39, 0.29) is 5.91 Å². The minimum Gasteiger partial charge on any atom is -0.377 e. The zero-order chi connectivity index (χ0) is 13.0. The molecule has 98 valence electrons. The van der Waals surface area contributed by atoms with Gasteiger partial charge in [0.2, 0.25) is 0 Å². The molecule has 3 heteroatoms. The normalized spacial score (nSPS) is 16.2. The second kappa shape index (κ2) is 5.89. The highest BCUT2D eigenvalue weighted by atomic mass is 16.2. The zero-order valence-electron chi connectivity index (χ0n) is 11.4. The largest absolute Gasteiger partial charge is 0.377 e. The van der Waals surface area contributed by atoms with E-state index in [2.05, 4.69) is 0 Å². The predicted octanol–water partition coefficient (Wildman–Crippen LogP) is 2.77. The van der Waals surface area contributed by atoms with Crippen LogP contribution in [0.3, 0.4) is 0 Å². The van der Waals surface area contributed by atoms with Gasteiger partial charge in [-0.2, -0.15) is 0 Å². The Bertz CT molecular complexity index is 407. The fourth-order valence-corrected chi connectivity index (χ4v) is 2.49. The van der Waals surface area contributed by atoms with Gasteiger partial charge in [-0.1, -0.05) is 25.0 Å². The lowest BCUT2D eigenvalue weighted by molar-refractivity contribution is 0.0762. The second-order valence-electron chi connectivity index (χ2n) is 5.12. The molecule has 0 spiro atoms. The highest BCUT2D eigenvalue weighted by molar-refractivity contribution is 5.99. The monoisotopic (exact) mass is 246 g/mol. The Balaban J connectivity index is 2.22. The molecule has 1 aliphatic rings. The van der Waals surface area contributed by atoms with Gasteiger partial charge in [-0.15, -0.1) is 0 Å². The third kappa shape index (κ3) is 2.84. The minimum absolute atomic E-state index is 0.182. The Hall–Kier alpha value is -1.51. The van der Waals surface area contributed by atoms with Gasteiger partial charge in [-0.25, -0.2) is 0 Å². The van der Waals surface area contributed by atoms with Crippen molar-refractivity contribution >= 4 is 11.6 Å². The summed E-state index contributed by atoms with van der Waals surface area (Å²) >= 11 is 0. The first-order valence-corrected chi connectivity index (χ1v) is 6.76. The van der Waals surface area contributed by atoms with E-state index in [9.17, 15) is 4.79 Å². The van der Waals surface area contributed by atoms with Gasteiger partial charge < -0.3 is 9.80 Å². The molecule has 0 unspecified atom stereocenters. The molecule has 1 aromatic carbocycles. The molecule has 1 amide bonds. The summed E-state index contributed by atoms with van der Waals surface area (Å²) in [6.45, 7) is 1.81. The number of carbonyl (C=O) groups excluding carboxylic acids is 1. The number of rotatable bonds is 2. The number of hydrogen-bond acceptors (Lipinski definition) is 2. The number of anilines is 1. The highest BCUT2D eigenvalue weighted by Crippen LogP contribution is 2.21. The van der Waals surface area contributed by atoms with E-state index in [0.717, 1.165) is 37.2 Å². The first kappa shape index (κ1) is 12.9. The Morgan fingerprint density at radius 3 is 2.28 bits per heavy atom. The van der Waals surface area contributed by atoms with E-state index in [4.69, 9.17) is 0 Å². The Morgan fingerprint density at radius 1 is 1.06 bits per heavy atom. The van der Waals surface area contributed by atoms with Crippen LogP contribution >= 0.6 is 0 Å². The van der Waals surface area contributed by atoms with Crippen molar-refractivity contribution in [2.45, 2.75) is 25.7 Å². The highest BCUT2D eigenvalue weighted by Gasteiger charge is 2.20. The van der Waals surface area contributed by atoms with Gasteiger partial charge in [-0.05, 0) is 25.0 Å². The molecule has 0 bridgehead atoms. The number of likely N-dealkylation sites (tertiary alicyclic amines) is 1. The third-order valence-corrected chi connectivity index (χ3v) is 3.51. The van der Waals surface area contributed by atoms with Crippen molar-refractivity contribution in [1.82, 2.24) is 4.90 Å². The lowest BCUT2D eigenvalue weighted by Gasteiger charge is -2.23. The lowest BCUT2D eigenvalue weighted by Crippen LogP contribution is -2.32. The molecule has 18 heavy (non-hydrogen) atoms. The van der Waals surface area contributed by atoms with Crippen molar-refractivity contribution in [2.75, 3.05) is 32.1 Å². The van der Waals surface area contributed by atoms with Crippen LogP contribution in [0.25, 0.3) is 0 Å². The summed E-state index contributed by atoms with van der Waals surface area (Å²) in [5, 5.41) is 0. The van der Waals surface area contributed by atoms with Crippen LogP contribution in [0.1, 0.15) is 36.0 Å². The number of carbonyl (C=O) groups is 1. The summed E-state index contributed by atoms with van der Waals surface area (Å²) in [5.74, 6) is 0.182. The summed E-state index contributed by atoms with van der Waals surface area (Å²) in [6, 6.07) is 7.86. The average molecular weight is 246 g/mol. The number of benzene rings is 1. The van der Waals surface area contributed by atoms with E-state index < -0.39 is 0 Å². The minimum atomic E-state index is 0.182. The van der Waals surface area contributed by atoms with E-state index in [1.54, 1.807) is 0 Å². The molecule has 1 aliphatic heterocycles. The first-order chi connectivity index (χ1) is 8.70. The molecule has 2 rings (SSSR count). The third-order valence-electron chi connectivity index (χ3n) is 3.51. The Kier molecular flexibility index (Phi) is 4.24. The summed E-state index contributed by atoms with van der Waals surface area (Å²) in [6.07, 6.45) is 4.77. The fraction of sp³-hybridized carbons (Fsp3) is 0.533. The van der Waals surface area contributed by atoms with Crippen molar-refractivity contribution in [3.05, 3.63) is 29.8 Å². The van der Waals surface area contributed by atoms with Gasteiger partial charge >= 0.3 is 0 Å². The van der Waals surface area contributed by atoms with E-state index in [1.165, 1.54) is 12.8 Å².